The molecule has 0 radical (unpaired) electrons. The minimum absolute atomic E-state index is 0.301. The Kier molecular flexibility index (Phi) is 7.34. The smallest absolute Gasteiger partial charge is 0.350 e. The second kappa shape index (κ2) is 7.94. The Morgan fingerprint density at radius 2 is 1.15 bits per heavy atom. The van der Waals surface area contributed by atoms with Gasteiger partial charge in [-0.05, 0) is 23.6 Å². The van der Waals surface area contributed by atoms with Crippen molar-refractivity contribution in [3.8, 4) is 0 Å². The Balaban J connectivity index is 4.23. The second-order valence-electron chi connectivity index (χ2n) is 3.15. The summed E-state index contributed by atoms with van der Waals surface area (Å²) in [5.41, 5.74) is 0. The zero-order valence-corrected chi connectivity index (χ0v) is 12.3. The van der Waals surface area contributed by atoms with Gasteiger partial charge < -0.3 is 9.68 Å². The Bertz CT molecular complexity index is 526. The molecule has 0 fully saturated rings. The van der Waals surface area contributed by atoms with Gasteiger partial charge in [0.2, 0.25) is 20.0 Å². The molecule has 0 amide bonds. The molecule has 0 aliphatic heterocycles. The molecule has 0 spiro atoms. The van der Waals surface area contributed by atoms with E-state index in [2.05, 4.69) is 9.68 Å². The molecule has 0 bridgehead atoms. The zero-order valence-electron chi connectivity index (χ0n) is 10.7. The van der Waals surface area contributed by atoms with E-state index in [0.29, 0.717) is 12.2 Å². The number of rotatable bonds is 8. The Morgan fingerprint density at radius 3 is 1.40 bits per heavy atom. The van der Waals surface area contributed by atoms with Crippen molar-refractivity contribution in [3.63, 3.8) is 0 Å². The summed E-state index contributed by atoms with van der Waals surface area (Å²) in [6.07, 6.45) is 1.11. The van der Waals surface area contributed by atoms with Crippen molar-refractivity contribution in [2.45, 2.75) is 13.8 Å². The summed E-state index contributed by atoms with van der Waals surface area (Å²) >= 11 is 0. The molecule has 0 saturated carbocycles. The monoisotopic (exact) mass is 330 g/mol. The molecule has 12 heteroatoms. The van der Waals surface area contributed by atoms with Gasteiger partial charge in [0.1, 0.15) is 0 Å². The van der Waals surface area contributed by atoms with Gasteiger partial charge in [-0.25, -0.2) is 26.4 Å². The number of sulfonamides is 2. The maximum atomic E-state index is 11.0. The lowest BCUT2D eigenvalue weighted by Crippen LogP contribution is -2.28. The van der Waals surface area contributed by atoms with Crippen molar-refractivity contribution in [2.75, 3.05) is 11.5 Å². The first-order chi connectivity index (χ1) is 9.12. The van der Waals surface area contributed by atoms with Gasteiger partial charge in [-0.15, -0.1) is 0 Å². The lowest BCUT2D eigenvalue weighted by Gasteiger charge is -2.03. The van der Waals surface area contributed by atoms with Gasteiger partial charge in [-0.2, -0.15) is 0 Å². The lowest BCUT2D eigenvalue weighted by molar-refractivity contribution is -0.143. The van der Waals surface area contributed by atoms with E-state index in [1.807, 2.05) is 0 Å². The van der Waals surface area contributed by atoms with Crippen LogP contribution in [0.5, 0.6) is 0 Å². The molecule has 0 rings (SSSR count). The van der Waals surface area contributed by atoms with Gasteiger partial charge in [-0.3, -0.25) is 0 Å². The van der Waals surface area contributed by atoms with Crippen LogP contribution < -0.4 is 9.77 Å². The molecule has 20 heavy (non-hydrogen) atoms. The van der Waals surface area contributed by atoms with Crippen molar-refractivity contribution in [1.29, 1.82) is 0 Å². The summed E-state index contributed by atoms with van der Waals surface area (Å²) in [5.74, 6) is -2.97. The van der Waals surface area contributed by atoms with Gasteiger partial charge in [0.25, 0.3) is 0 Å². The van der Waals surface area contributed by atoms with Crippen LogP contribution in [0.1, 0.15) is 13.8 Å². The summed E-state index contributed by atoms with van der Waals surface area (Å²) in [7, 11) is -7.44. The van der Waals surface area contributed by atoms with Crippen LogP contribution in [0.2, 0.25) is 0 Å². The molecule has 0 aromatic carbocycles. The SMILES string of the molecule is CCS(=O)(=O)NOC(=O)/C=C\C(=O)ONS(=O)(=O)CC. The largest absolute Gasteiger partial charge is 0.352 e. The molecule has 0 aromatic rings. The normalized spacial score (nSPS) is 12.3. The molecule has 10 nitrogen and oxygen atoms in total. The fraction of sp³-hybridized carbons (Fsp3) is 0.500. The van der Waals surface area contributed by atoms with Crippen LogP contribution in [0.15, 0.2) is 12.2 Å². The minimum atomic E-state index is -3.72. The Labute approximate surface area is 116 Å². The highest BCUT2D eigenvalue weighted by Gasteiger charge is 2.11. The van der Waals surface area contributed by atoms with E-state index in [9.17, 15) is 26.4 Å². The predicted molar refractivity (Wildman–Crippen MR) is 66.5 cm³/mol. The fourth-order valence-electron chi connectivity index (χ4n) is 0.531. The Morgan fingerprint density at radius 1 is 0.850 bits per heavy atom. The van der Waals surface area contributed by atoms with Crippen molar-refractivity contribution in [2.24, 2.45) is 0 Å². The third-order valence-electron chi connectivity index (χ3n) is 1.65. The van der Waals surface area contributed by atoms with Crippen LogP contribution in [0, 0.1) is 0 Å². The highest BCUT2D eigenvalue weighted by Crippen LogP contribution is 1.88. The van der Waals surface area contributed by atoms with E-state index in [-0.39, 0.29) is 11.5 Å². The Hall–Kier alpha value is -1.50. The van der Waals surface area contributed by atoms with E-state index in [0.717, 1.165) is 0 Å². The van der Waals surface area contributed by atoms with E-state index >= 15 is 0 Å². The minimum Gasteiger partial charge on any atom is -0.352 e. The van der Waals surface area contributed by atoms with Gasteiger partial charge in [0, 0.05) is 12.2 Å². The van der Waals surface area contributed by atoms with Crippen LogP contribution in [-0.2, 0) is 39.3 Å². The first-order valence-corrected chi connectivity index (χ1v) is 8.51. The first-order valence-electron chi connectivity index (χ1n) is 5.20. The number of hydrogen-bond acceptors (Lipinski definition) is 8. The zero-order chi connectivity index (χ0) is 15.8. The molecule has 116 valence electrons. The average Bonchev–Trinajstić information content (AvgIpc) is 2.40. The molecule has 0 unspecified atom stereocenters. The molecule has 0 saturated heterocycles. The van der Waals surface area contributed by atoms with Gasteiger partial charge in [0.05, 0.1) is 11.5 Å². The van der Waals surface area contributed by atoms with Gasteiger partial charge in [-0.1, -0.05) is 0 Å². The molecule has 2 N–H and O–H groups in total. The number of carbonyl (C=O) groups is 2. The van der Waals surface area contributed by atoms with E-state index in [1.165, 1.54) is 23.6 Å². The molecule has 0 aliphatic rings. The molecule has 0 heterocycles. The first kappa shape index (κ1) is 18.5. The molecular weight excluding hydrogens is 316 g/mol. The maximum Gasteiger partial charge on any atom is 0.350 e. The highest BCUT2D eigenvalue weighted by atomic mass is 32.2. The molecular formula is C8H14N2O8S2. The van der Waals surface area contributed by atoms with Crippen LogP contribution in [0.3, 0.4) is 0 Å². The van der Waals surface area contributed by atoms with E-state index in [1.54, 1.807) is 0 Å². The van der Waals surface area contributed by atoms with Crippen LogP contribution in [0.4, 0.5) is 0 Å². The number of nitrogens with one attached hydrogen (secondary N) is 2. The summed E-state index contributed by atoms with van der Waals surface area (Å²) < 4.78 is 43.6. The maximum absolute atomic E-state index is 11.0. The third kappa shape index (κ3) is 8.58. The molecule has 0 atom stereocenters. The fourth-order valence-corrected chi connectivity index (χ4v) is 1.18. The quantitative estimate of drug-likeness (QED) is 0.397. The predicted octanol–water partition coefficient (Wildman–Crippen LogP) is -1.66. The van der Waals surface area contributed by atoms with Gasteiger partial charge in [0.15, 0.2) is 0 Å². The van der Waals surface area contributed by atoms with E-state index in [4.69, 9.17) is 0 Å². The van der Waals surface area contributed by atoms with Gasteiger partial charge >= 0.3 is 11.9 Å². The van der Waals surface area contributed by atoms with Crippen LogP contribution in [0.25, 0.3) is 0 Å². The second-order valence-corrected chi connectivity index (χ2v) is 7.10. The van der Waals surface area contributed by atoms with Crippen LogP contribution in [-0.4, -0.2) is 40.3 Å². The summed E-state index contributed by atoms with van der Waals surface area (Å²) in [6, 6.07) is 0. The van der Waals surface area contributed by atoms with Crippen molar-refractivity contribution >= 4 is 32.0 Å². The van der Waals surface area contributed by atoms with Crippen molar-refractivity contribution in [3.05, 3.63) is 12.2 Å². The number of carbonyl (C=O) groups excluding carboxylic acids is 2. The lowest BCUT2D eigenvalue weighted by atomic mass is 10.5. The standard InChI is InChI=1S/C8H14N2O8S2/c1-3-19(13,14)9-17-7(11)5-6-8(12)18-10-20(15,16)4-2/h5-6,9-10H,3-4H2,1-2H3/b6-5-. The molecule has 0 aliphatic carbocycles. The van der Waals surface area contributed by atoms with Crippen LogP contribution >= 0.6 is 0 Å². The molecule has 0 aromatic heterocycles. The van der Waals surface area contributed by atoms with Crippen molar-refractivity contribution < 1.29 is 36.1 Å². The highest BCUT2D eigenvalue weighted by molar-refractivity contribution is 7.89. The third-order valence-corrected chi connectivity index (χ3v) is 3.85. The average molecular weight is 330 g/mol. The summed E-state index contributed by atoms with van der Waals surface area (Å²) in [5, 5.41) is 0. The topological polar surface area (TPSA) is 145 Å². The number of hydrogen-bond donors (Lipinski definition) is 2. The summed E-state index contributed by atoms with van der Waals surface area (Å²) in [4.78, 5) is 33.2. The van der Waals surface area contributed by atoms with Crippen molar-refractivity contribution in [1.82, 2.24) is 9.77 Å². The van der Waals surface area contributed by atoms with E-state index < -0.39 is 32.0 Å². The summed E-state index contributed by atoms with van der Waals surface area (Å²) in [6.45, 7) is 2.65.